The zero-order chi connectivity index (χ0) is 14.4. The van der Waals surface area contributed by atoms with Crippen LogP contribution in [0.2, 0.25) is 5.02 Å². The van der Waals surface area contributed by atoms with E-state index in [1.807, 2.05) is 4.90 Å². The molecule has 0 spiro atoms. The van der Waals surface area contributed by atoms with Crippen molar-refractivity contribution in [3.63, 3.8) is 0 Å². The Labute approximate surface area is 122 Å². The zero-order valence-electron chi connectivity index (χ0n) is 11.2. The van der Waals surface area contributed by atoms with Crippen LogP contribution in [0.1, 0.15) is 12.0 Å². The van der Waals surface area contributed by atoms with E-state index in [9.17, 15) is 9.18 Å². The standard InChI is InChI=1S/C14H18ClFN2O2/c15-13-9-12(16)2-1-11(13)10-17-4-3-14(19)18-5-7-20-8-6-18/h1-2,9,17H,3-8,10H2. The molecular formula is C14H18ClFN2O2. The molecule has 1 N–H and O–H groups in total. The molecule has 0 aliphatic carbocycles. The molecule has 6 heteroatoms. The topological polar surface area (TPSA) is 41.6 Å². The molecule has 1 saturated heterocycles. The monoisotopic (exact) mass is 300 g/mol. The third kappa shape index (κ3) is 4.44. The molecule has 0 radical (unpaired) electrons. The summed E-state index contributed by atoms with van der Waals surface area (Å²) in [6.45, 7) is 3.67. The van der Waals surface area contributed by atoms with Crippen LogP contribution in [-0.2, 0) is 16.1 Å². The molecule has 110 valence electrons. The minimum atomic E-state index is -0.346. The van der Waals surface area contributed by atoms with Gasteiger partial charge in [-0.05, 0) is 17.7 Å². The van der Waals surface area contributed by atoms with Crippen molar-refractivity contribution in [1.82, 2.24) is 10.2 Å². The number of benzene rings is 1. The second kappa shape index (κ2) is 7.57. The first-order valence-corrected chi connectivity index (χ1v) is 7.05. The minimum Gasteiger partial charge on any atom is -0.378 e. The van der Waals surface area contributed by atoms with Crippen LogP contribution >= 0.6 is 11.6 Å². The number of carbonyl (C=O) groups excluding carboxylic acids is 1. The normalized spacial score (nSPS) is 15.4. The lowest BCUT2D eigenvalue weighted by Gasteiger charge is -2.26. The minimum absolute atomic E-state index is 0.131. The Morgan fingerprint density at radius 1 is 1.40 bits per heavy atom. The number of amides is 1. The van der Waals surface area contributed by atoms with Crippen LogP contribution < -0.4 is 5.32 Å². The molecule has 1 fully saturated rings. The summed E-state index contributed by atoms with van der Waals surface area (Å²) < 4.78 is 18.1. The number of halogens is 2. The van der Waals surface area contributed by atoms with Gasteiger partial charge in [0.15, 0.2) is 0 Å². The van der Waals surface area contributed by atoms with Crippen LogP contribution in [0.5, 0.6) is 0 Å². The van der Waals surface area contributed by atoms with Gasteiger partial charge in [-0.2, -0.15) is 0 Å². The fourth-order valence-corrected chi connectivity index (χ4v) is 2.29. The van der Waals surface area contributed by atoms with Crippen molar-refractivity contribution in [1.29, 1.82) is 0 Å². The molecular weight excluding hydrogens is 283 g/mol. The molecule has 1 amide bonds. The summed E-state index contributed by atoms with van der Waals surface area (Å²) in [5.74, 6) is -0.216. The van der Waals surface area contributed by atoms with Crippen LogP contribution in [0, 0.1) is 5.82 Å². The number of morpholine rings is 1. The summed E-state index contributed by atoms with van der Waals surface area (Å²) in [4.78, 5) is 13.7. The molecule has 0 unspecified atom stereocenters. The first-order valence-electron chi connectivity index (χ1n) is 6.67. The first kappa shape index (κ1) is 15.2. The lowest BCUT2D eigenvalue weighted by Crippen LogP contribution is -2.41. The first-order chi connectivity index (χ1) is 9.66. The van der Waals surface area contributed by atoms with Gasteiger partial charge in [0.05, 0.1) is 13.2 Å². The van der Waals surface area contributed by atoms with Crippen molar-refractivity contribution < 1.29 is 13.9 Å². The van der Waals surface area contributed by atoms with Crippen LogP contribution in [-0.4, -0.2) is 43.7 Å². The number of carbonyl (C=O) groups is 1. The summed E-state index contributed by atoms with van der Waals surface area (Å²) in [7, 11) is 0. The average molecular weight is 301 g/mol. The maximum absolute atomic E-state index is 12.9. The molecule has 1 aromatic rings. The predicted octanol–water partition coefficient (Wildman–Crippen LogP) is 1.82. The molecule has 4 nitrogen and oxygen atoms in total. The largest absolute Gasteiger partial charge is 0.378 e. The van der Waals surface area contributed by atoms with E-state index in [0.717, 1.165) is 5.56 Å². The van der Waals surface area contributed by atoms with E-state index in [0.29, 0.717) is 50.8 Å². The van der Waals surface area contributed by atoms with Crippen molar-refractivity contribution in [2.75, 3.05) is 32.8 Å². The van der Waals surface area contributed by atoms with Gasteiger partial charge in [-0.15, -0.1) is 0 Å². The lowest BCUT2D eigenvalue weighted by molar-refractivity contribution is -0.135. The number of rotatable bonds is 5. The van der Waals surface area contributed by atoms with E-state index < -0.39 is 0 Å². The van der Waals surface area contributed by atoms with Crippen LogP contribution in [0.15, 0.2) is 18.2 Å². The van der Waals surface area contributed by atoms with E-state index in [4.69, 9.17) is 16.3 Å². The van der Waals surface area contributed by atoms with Gasteiger partial charge in [0.2, 0.25) is 5.91 Å². The average Bonchev–Trinajstić information content (AvgIpc) is 2.46. The Morgan fingerprint density at radius 2 is 2.15 bits per heavy atom. The smallest absolute Gasteiger partial charge is 0.224 e. The number of hydrogen-bond donors (Lipinski definition) is 1. The van der Waals surface area contributed by atoms with Crippen molar-refractivity contribution in [2.24, 2.45) is 0 Å². The highest BCUT2D eigenvalue weighted by atomic mass is 35.5. The van der Waals surface area contributed by atoms with E-state index in [2.05, 4.69) is 5.32 Å². The summed E-state index contributed by atoms with van der Waals surface area (Å²) in [5, 5.41) is 3.55. The van der Waals surface area contributed by atoms with Crippen LogP contribution in [0.3, 0.4) is 0 Å². The predicted molar refractivity (Wildman–Crippen MR) is 75.1 cm³/mol. The Hall–Kier alpha value is -1.17. The Balaban J connectivity index is 1.69. The molecule has 1 aromatic carbocycles. The van der Waals surface area contributed by atoms with Crippen LogP contribution in [0.25, 0.3) is 0 Å². The number of nitrogens with one attached hydrogen (secondary N) is 1. The van der Waals surface area contributed by atoms with Gasteiger partial charge in [-0.3, -0.25) is 4.79 Å². The van der Waals surface area contributed by atoms with Gasteiger partial charge in [0.25, 0.3) is 0 Å². The number of nitrogens with zero attached hydrogens (tertiary/aromatic N) is 1. The van der Waals surface area contributed by atoms with E-state index in [1.54, 1.807) is 6.07 Å². The summed E-state index contributed by atoms with van der Waals surface area (Å²) in [5.41, 5.74) is 0.826. The maximum Gasteiger partial charge on any atom is 0.224 e. The highest BCUT2D eigenvalue weighted by Crippen LogP contribution is 2.16. The molecule has 0 bridgehead atoms. The second-order valence-electron chi connectivity index (χ2n) is 4.66. The van der Waals surface area contributed by atoms with E-state index in [-0.39, 0.29) is 11.7 Å². The van der Waals surface area contributed by atoms with E-state index in [1.165, 1.54) is 12.1 Å². The van der Waals surface area contributed by atoms with Gasteiger partial charge in [0, 0.05) is 37.6 Å². The third-order valence-corrected chi connectivity index (χ3v) is 3.56. The fraction of sp³-hybridized carbons (Fsp3) is 0.500. The Bertz CT molecular complexity index is 464. The van der Waals surface area contributed by atoms with Crippen molar-refractivity contribution in [2.45, 2.75) is 13.0 Å². The summed E-state index contributed by atoms with van der Waals surface area (Å²) >= 11 is 5.92. The molecule has 1 aliphatic rings. The highest BCUT2D eigenvalue weighted by molar-refractivity contribution is 6.31. The molecule has 1 aliphatic heterocycles. The molecule has 2 rings (SSSR count). The summed E-state index contributed by atoms with van der Waals surface area (Å²) in [6, 6.07) is 4.31. The number of ether oxygens (including phenoxy) is 1. The van der Waals surface area contributed by atoms with Gasteiger partial charge >= 0.3 is 0 Å². The third-order valence-electron chi connectivity index (χ3n) is 3.21. The van der Waals surface area contributed by atoms with Crippen LogP contribution in [0.4, 0.5) is 4.39 Å². The zero-order valence-corrected chi connectivity index (χ0v) is 12.0. The van der Waals surface area contributed by atoms with Gasteiger partial charge in [-0.1, -0.05) is 17.7 Å². The van der Waals surface area contributed by atoms with E-state index >= 15 is 0 Å². The molecule has 1 heterocycles. The number of hydrogen-bond acceptors (Lipinski definition) is 3. The SMILES string of the molecule is O=C(CCNCc1ccc(F)cc1Cl)N1CCOCC1. The molecule has 0 aromatic heterocycles. The Kier molecular flexibility index (Phi) is 5.76. The fourth-order valence-electron chi connectivity index (χ4n) is 2.05. The van der Waals surface area contributed by atoms with Gasteiger partial charge in [0.1, 0.15) is 5.82 Å². The van der Waals surface area contributed by atoms with Crippen molar-refractivity contribution in [3.8, 4) is 0 Å². The summed E-state index contributed by atoms with van der Waals surface area (Å²) in [6.07, 6.45) is 0.443. The highest BCUT2D eigenvalue weighted by Gasteiger charge is 2.15. The molecule has 0 atom stereocenters. The quantitative estimate of drug-likeness (QED) is 0.844. The van der Waals surface area contributed by atoms with Crippen molar-refractivity contribution >= 4 is 17.5 Å². The van der Waals surface area contributed by atoms with Crippen molar-refractivity contribution in [3.05, 3.63) is 34.6 Å². The van der Waals surface area contributed by atoms with Gasteiger partial charge < -0.3 is 15.0 Å². The lowest BCUT2D eigenvalue weighted by atomic mass is 10.2. The molecule has 0 saturated carbocycles. The molecule has 20 heavy (non-hydrogen) atoms. The van der Waals surface area contributed by atoms with Gasteiger partial charge in [-0.25, -0.2) is 4.39 Å². The maximum atomic E-state index is 12.9. The second-order valence-corrected chi connectivity index (χ2v) is 5.06. The Morgan fingerprint density at radius 3 is 2.85 bits per heavy atom.